The van der Waals surface area contributed by atoms with Crippen molar-refractivity contribution in [2.24, 2.45) is 5.92 Å². The molecular formula is C25H30N2O5S. The lowest BCUT2D eigenvalue weighted by Crippen LogP contribution is -2.33. The zero-order chi connectivity index (χ0) is 23.4. The van der Waals surface area contributed by atoms with Gasteiger partial charge in [0.2, 0.25) is 0 Å². The number of nitrogens with zero attached hydrogens (tertiary/aromatic N) is 1. The minimum Gasteiger partial charge on any atom is -0.496 e. The number of fused-ring (bicyclic) bond motifs is 1. The quantitative estimate of drug-likeness (QED) is 0.498. The fourth-order valence-corrected chi connectivity index (χ4v) is 5.35. The summed E-state index contributed by atoms with van der Waals surface area (Å²) in [7, 11) is 1.04. The van der Waals surface area contributed by atoms with E-state index in [0.29, 0.717) is 29.7 Å². The van der Waals surface area contributed by atoms with Crippen LogP contribution in [0.15, 0.2) is 59.5 Å². The first kappa shape index (κ1) is 23.2. The summed E-state index contributed by atoms with van der Waals surface area (Å²) in [5.41, 5.74) is 0.581. The molecule has 1 fully saturated rings. The van der Waals surface area contributed by atoms with E-state index in [4.69, 9.17) is 13.7 Å². The zero-order valence-corrected chi connectivity index (χ0v) is 20.0. The van der Waals surface area contributed by atoms with Crippen LogP contribution in [0.1, 0.15) is 12.8 Å². The van der Waals surface area contributed by atoms with E-state index in [1.54, 1.807) is 35.2 Å². The second-order valence-corrected chi connectivity index (χ2v) is 9.95. The molecule has 4 rings (SSSR count). The van der Waals surface area contributed by atoms with Crippen molar-refractivity contribution in [3.63, 3.8) is 0 Å². The fraction of sp³-hybridized carbons (Fsp3) is 0.360. The summed E-state index contributed by atoms with van der Waals surface area (Å²) in [5, 5.41) is 5.16. The summed E-state index contributed by atoms with van der Waals surface area (Å²) >= 11 is 0. The first-order valence-electron chi connectivity index (χ1n) is 11.0. The predicted molar refractivity (Wildman–Crippen MR) is 130 cm³/mol. The van der Waals surface area contributed by atoms with Gasteiger partial charge in [0.25, 0.3) is 0 Å². The highest BCUT2D eigenvalue weighted by Crippen LogP contribution is 2.36. The molecule has 0 saturated carbocycles. The smallest absolute Gasteiger partial charge is 0.341 e. The third-order valence-corrected chi connectivity index (χ3v) is 7.04. The number of methoxy groups -OCH3 is 1. The molecule has 3 aromatic rings. The van der Waals surface area contributed by atoms with E-state index in [0.717, 1.165) is 36.7 Å². The molecule has 0 aliphatic carbocycles. The summed E-state index contributed by atoms with van der Waals surface area (Å²) in [6, 6.07) is 15.9. The molecule has 8 heteroatoms. The van der Waals surface area contributed by atoms with E-state index in [-0.39, 0.29) is 10.6 Å². The molecule has 0 bridgehead atoms. The van der Waals surface area contributed by atoms with Gasteiger partial charge in [-0.15, -0.1) is 0 Å². The molecule has 0 radical (unpaired) electrons. The molecule has 7 nitrogen and oxygen atoms in total. The first-order valence-corrected chi connectivity index (χ1v) is 12.4. The Morgan fingerprint density at radius 1 is 1.03 bits per heavy atom. The van der Waals surface area contributed by atoms with Gasteiger partial charge in [0, 0.05) is 50.1 Å². The van der Waals surface area contributed by atoms with E-state index in [9.17, 15) is 8.42 Å². The summed E-state index contributed by atoms with van der Waals surface area (Å²) in [5.74, 6) is 1.53. The van der Waals surface area contributed by atoms with Crippen molar-refractivity contribution < 1.29 is 22.1 Å². The third kappa shape index (κ3) is 5.34. The monoisotopic (exact) mass is 470 g/mol. The Hall–Kier alpha value is -2.97. The van der Waals surface area contributed by atoms with Crippen LogP contribution in [0.25, 0.3) is 10.8 Å². The minimum atomic E-state index is -4.12. The van der Waals surface area contributed by atoms with Gasteiger partial charge in [0.15, 0.2) is 0 Å². The van der Waals surface area contributed by atoms with Crippen LogP contribution in [0, 0.1) is 5.92 Å². The SMILES string of the molecule is COc1cc(OCC2CCCNC2)cc(OS(=O)(=O)c2ccc3ccccc3c2N(C)C)c1. The predicted octanol–water partition coefficient (Wildman–Crippen LogP) is 4.06. The number of ether oxygens (including phenoxy) is 2. The molecule has 1 heterocycles. The molecule has 0 aromatic heterocycles. The fourth-order valence-electron chi connectivity index (χ4n) is 4.14. The Morgan fingerprint density at radius 2 is 1.79 bits per heavy atom. The summed E-state index contributed by atoms with van der Waals surface area (Å²) in [4.78, 5) is 1.89. The maximum atomic E-state index is 13.3. The molecule has 1 saturated heterocycles. The molecule has 1 N–H and O–H groups in total. The molecule has 0 amide bonds. The molecule has 1 aliphatic rings. The largest absolute Gasteiger partial charge is 0.496 e. The average Bonchev–Trinajstić information content (AvgIpc) is 2.82. The van der Waals surface area contributed by atoms with Crippen LogP contribution in [0.2, 0.25) is 0 Å². The van der Waals surface area contributed by atoms with Crippen LogP contribution in [-0.2, 0) is 10.1 Å². The summed E-state index contributed by atoms with van der Waals surface area (Å²) in [6.07, 6.45) is 2.22. The maximum Gasteiger partial charge on any atom is 0.341 e. The van der Waals surface area contributed by atoms with Crippen molar-refractivity contribution in [3.05, 3.63) is 54.6 Å². The van der Waals surface area contributed by atoms with Crippen LogP contribution >= 0.6 is 0 Å². The Bertz CT molecular complexity index is 1220. The van der Waals surface area contributed by atoms with E-state index in [1.807, 2.05) is 38.4 Å². The van der Waals surface area contributed by atoms with Crippen molar-refractivity contribution in [3.8, 4) is 17.2 Å². The molecule has 3 aromatic carbocycles. The molecule has 1 unspecified atom stereocenters. The summed E-state index contributed by atoms with van der Waals surface area (Å²) < 4.78 is 43.6. The van der Waals surface area contributed by atoms with E-state index >= 15 is 0 Å². The molecule has 0 spiro atoms. The van der Waals surface area contributed by atoms with Gasteiger partial charge in [-0.25, -0.2) is 0 Å². The van der Waals surface area contributed by atoms with Gasteiger partial charge in [-0.1, -0.05) is 30.3 Å². The van der Waals surface area contributed by atoms with Crippen LogP contribution in [-0.4, -0.2) is 49.3 Å². The van der Waals surface area contributed by atoms with Crippen LogP contribution < -0.4 is 23.9 Å². The maximum absolute atomic E-state index is 13.3. The number of hydrogen-bond donors (Lipinski definition) is 1. The summed E-state index contributed by atoms with van der Waals surface area (Å²) in [6.45, 7) is 2.49. The first-order chi connectivity index (χ1) is 15.9. The third-order valence-electron chi connectivity index (χ3n) is 5.76. The number of hydrogen-bond acceptors (Lipinski definition) is 7. The number of rotatable bonds is 8. The topological polar surface area (TPSA) is 77.1 Å². The van der Waals surface area contributed by atoms with E-state index in [2.05, 4.69) is 5.32 Å². The minimum absolute atomic E-state index is 0.102. The van der Waals surface area contributed by atoms with E-state index in [1.165, 1.54) is 7.11 Å². The number of piperidine rings is 1. The highest BCUT2D eigenvalue weighted by molar-refractivity contribution is 7.87. The van der Waals surface area contributed by atoms with E-state index < -0.39 is 10.1 Å². The highest BCUT2D eigenvalue weighted by atomic mass is 32.2. The molecule has 176 valence electrons. The lowest BCUT2D eigenvalue weighted by atomic mass is 10.0. The van der Waals surface area contributed by atoms with Crippen molar-refractivity contribution in [1.82, 2.24) is 5.32 Å². The van der Waals surface area contributed by atoms with Crippen LogP contribution in [0.3, 0.4) is 0 Å². The second kappa shape index (κ2) is 9.89. The van der Waals surface area contributed by atoms with Gasteiger partial charge < -0.3 is 23.9 Å². The van der Waals surface area contributed by atoms with Crippen LogP contribution in [0.4, 0.5) is 5.69 Å². The van der Waals surface area contributed by atoms with Crippen molar-refractivity contribution in [2.75, 3.05) is 45.8 Å². The van der Waals surface area contributed by atoms with Gasteiger partial charge in [0.05, 0.1) is 19.4 Å². The lowest BCUT2D eigenvalue weighted by molar-refractivity contribution is 0.217. The zero-order valence-electron chi connectivity index (χ0n) is 19.2. The highest BCUT2D eigenvalue weighted by Gasteiger charge is 2.25. The van der Waals surface area contributed by atoms with Crippen molar-refractivity contribution in [2.45, 2.75) is 17.7 Å². The normalized spacial score (nSPS) is 16.4. The van der Waals surface area contributed by atoms with Gasteiger partial charge in [-0.2, -0.15) is 8.42 Å². The van der Waals surface area contributed by atoms with Crippen LogP contribution in [0.5, 0.6) is 17.2 Å². The Kier molecular flexibility index (Phi) is 6.95. The lowest BCUT2D eigenvalue weighted by Gasteiger charge is -2.23. The number of benzene rings is 3. The molecular weight excluding hydrogens is 440 g/mol. The Morgan fingerprint density at radius 3 is 2.52 bits per heavy atom. The number of anilines is 1. The molecule has 1 atom stereocenters. The van der Waals surface area contributed by atoms with Crippen molar-refractivity contribution in [1.29, 1.82) is 0 Å². The van der Waals surface area contributed by atoms with Gasteiger partial charge in [0.1, 0.15) is 22.1 Å². The standard InChI is InChI=1S/C25H30N2O5S/c1-27(2)25-23-9-5-4-8-19(23)10-11-24(25)33(28,29)32-22-14-20(30-3)13-21(15-22)31-17-18-7-6-12-26-16-18/h4-5,8-11,13-15,18,26H,6-7,12,16-17H2,1-3H3. The molecule has 1 aliphatic heterocycles. The van der Waals surface area contributed by atoms with Gasteiger partial charge >= 0.3 is 10.1 Å². The second-order valence-electron chi connectivity index (χ2n) is 8.43. The van der Waals surface area contributed by atoms with Gasteiger partial charge in [-0.3, -0.25) is 0 Å². The Balaban J connectivity index is 1.63. The van der Waals surface area contributed by atoms with Crippen molar-refractivity contribution >= 4 is 26.6 Å². The molecule has 33 heavy (non-hydrogen) atoms. The average molecular weight is 471 g/mol. The van der Waals surface area contributed by atoms with Gasteiger partial charge in [-0.05, 0) is 30.8 Å². The Labute approximate surface area is 195 Å². The number of nitrogens with one attached hydrogen (secondary N) is 1.